The van der Waals surface area contributed by atoms with Crippen molar-refractivity contribution >= 4 is 59.1 Å². The molecule has 4 atom stereocenters. The molecule has 0 aliphatic rings. The number of carbonyl (C=O) groups is 4. The normalized spacial score (nSPS) is 14.0. The van der Waals surface area contributed by atoms with E-state index in [1.165, 1.54) is 12.1 Å². The molecule has 12 nitrogen and oxygen atoms in total. The third-order valence-corrected chi connectivity index (χ3v) is 17.8. The molecule has 60 heavy (non-hydrogen) atoms. The lowest BCUT2D eigenvalue weighted by Gasteiger charge is -2.42. The average molecular weight is 877 g/mol. The van der Waals surface area contributed by atoms with Crippen molar-refractivity contribution in [2.75, 3.05) is 4.72 Å². The van der Waals surface area contributed by atoms with Crippen molar-refractivity contribution in [2.24, 2.45) is 11.8 Å². The highest BCUT2D eigenvalue weighted by Gasteiger charge is 2.42. The number of hydrogen-bond donors (Lipinski definition) is 4. The maximum atomic E-state index is 13.9. The zero-order valence-corrected chi connectivity index (χ0v) is 38.7. The number of benzene rings is 3. The highest BCUT2D eigenvalue weighted by atomic mass is 32.2. The van der Waals surface area contributed by atoms with E-state index < -0.39 is 54.3 Å². The lowest BCUT2D eigenvalue weighted by molar-refractivity contribution is -0.131. The van der Waals surface area contributed by atoms with Crippen LogP contribution in [0.15, 0.2) is 101 Å². The Morgan fingerprint density at radius 3 is 2.07 bits per heavy atom. The third kappa shape index (κ3) is 14.1. The maximum absolute atomic E-state index is 13.9. The summed E-state index contributed by atoms with van der Waals surface area (Å²) >= 11 is 1.10. The Morgan fingerprint density at radius 2 is 1.45 bits per heavy atom. The second kappa shape index (κ2) is 21.1. The summed E-state index contributed by atoms with van der Waals surface area (Å²) in [6.07, 6.45) is 0.269. The first-order chi connectivity index (χ1) is 28.1. The molecule has 1 aromatic heterocycles. The van der Waals surface area contributed by atoms with Crippen LogP contribution >= 0.6 is 11.3 Å². The molecule has 0 fully saturated rings. The molecule has 15 heteroatoms. The predicted octanol–water partition coefficient (Wildman–Crippen LogP) is 8.29. The van der Waals surface area contributed by atoms with Gasteiger partial charge in [0.05, 0.1) is 17.7 Å². The fraction of sp³-hybridized carbons (Fsp3) is 0.422. The van der Waals surface area contributed by atoms with Crippen LogP contribution in [0.2, 0.25) is 18.1 Å². The Hall–Kier alpha value is -4.83. The largest absolute Gasteiger partial charge is 0.457 e. The second-order valence-electron chi connectivity index (χ2n) is 17.1. The van der Waals surface area contributed by atoms with Crippen LogP contribution in [0.25, 0.3) is 0 Å². The Bertz CT molecular complexity index is 2160. The van der Waals surface area contributed by atoms with Crippen LogP contribution in [0.4, 0.5) is 5.69 Å². The molecule has 0 radical (unpaired) electrons. The van der Waals surface area contributed by atoms with E-state index in [0.29, 0.717) is 12.0 Å². The highest BCUT2D eigenvalue weighted by Crippen LogP contribution is 2.39. The maximum Gasteiger partial charge on any atom is 0.338 e. The summed E-state index contributed by atoms with van der Waals surface area (Å²) in [4.78, 5) is 53.2. The molecule has 3 aromatic carbocycles. The molecule has 0 aliphatic carbocycles. The second-order valence-corrected chi connectivity index (χ2v) is 24.7. The molecular formula is C45H60N4O8S2Si. The SMILES string of the molecule is CC(C)C[C@H](NC(=O)c1cccc(NS(=O)(=O)c2cccs2)c1)[C@H](C[C@@H](C)C(=O)N[C@@H](C)C(=O)NCc1ccc(C(=O)OCc2ccccc2)cc1)O[Si](C)(C)C(C)(C)C. The summed E-state index contributed by atoms with van der Waals surface area (Å²) in [6, 6.07) is 24.3. The molecule has 0 bridgehead atoms. The highest BCUT2D eigenvalue weighted by molar-refractivity contribution is 7.94. The van der Waals surface area contributed by atoms with Gasteiger partial charge >= 0.3 is 5.97 Å². The summed E-state index contributed by atoms with van der Waals surface area (Å²) in [5.74, 6) is -1.99. The first kappa shape index (κ1) is 47.8. The Kier molecular flexibility index (Phi) is 16.8. The lowest BCUT2D eigenvalue weighted by Crippen LogP contribution is -2.53. The van der Waals surface area contributed by atoms with Gasteiger partial charge in [-0.3, -0.25) is 19.1 Å². The zero-order chi connectivity index (χ0) is 44.3. The van der Waals surface area contributed by atoms with Crippen molar-refractivity contribution in [1.82, 2.24) is 16.0 Å². The van der Waals surface area contributed by atoms with Gasteiger partial charge in [-0.1, -0.05) is 96.1 Å². The molecule has 0 spiro atoms. The smallest absolute Gasteiger partial charge is 0.338 e. The summed E-state index contributed by atoms with van der Waals surface area (Å²) < 4.78 is 40.9. The average Bonchev–Trinajstić information content (AvgIpc) is 3.75. The molecule has 4 N–H and O–H groups in total. The lowest BCUT2D eigenvalue weighted by atomic mass is 9.92. The first-order valence-corrected chi connectivity index (χ1v) is 25.5. The van der Waals surface area contributed by atoms with Crippen LogP contribution < -0.4 is 20.7 Å². The van der Waals surface area contributed by atoms with Crippen LogP contribution in [0.1, 0.15) is 93.2 Å². The number of esters is 1. The molecule has 0 saturated heterocycles. The van der Waals surface area contributed by atoms with Gasteiger partial charge < -0.3 is 25.1 Å². The Labute approximate surface area is 360 Å². The van der Waals surface area contributed by atoms with E-state index in [1.54, 1.807) is 67.8 Å². The van der Waals surface area contributed by atoms with E-state index in [-0.39, 0.29) is 57.8 Å². The number of carbonyl (C=O) groups excluding carboxylic acids is 4. The summed E-state index contributed by atoms with van der Waals surface area (Å²) in [6.45, 7) is 18.5. The number of sulfonamides is 1. The van der Waals surface area contributed by atoms with Crippen molar-refractivity contribution in [3.8, 4) is 0 Å². The zero-order valence-electron chi connectivity index (χ0n) is 36.0. The van der Waals surface area contributed by atoms with E-state index >= 15 is 0 Å². The van der Waals surface area contributed by atoms with E-state index in [9.17, 15) is 27.6 Å². The predicted molar refractivity (Wildman–Crippen MR) is 240 cm³/mol. The minimum absolute atomic E-state index is 0.155. The minimum atomic E-state index is -3.82. The van der Waals surface area contributed by atoms with Crippen LogP contribution in [0.3, 0.4) is 0 Å². The van der Waals surface area contributed by atoms with Crippen LogP contribution in [-0.2, 0) is 41.9 Å². The fourth-order valence-corrected chi connectivity index (χ4v) is 9.46. The number of hydrogen-bond acceptors (Lipinski definition) is 9. The summed E-state index contributed by atoms with van der Waals surface area (Å²) in [5.41, 5.74) is 2.57. The van der Waals surface area contributed by atoms with Crippen molar-refractivity contribution in [1.29, 1.82) is 0 Å². The van der Waals surface area contributed by atoms with Crippen molar-refractivity contribution in [3.05, 3.63) is 119 Å². The van der Waals surface area contributed by atoms with E-state index in [0.717, 1.165) is 22.5 Å². The quantitative estimate of drug-likeness (QED) is 0.0508. The minimum Gasteiger partial charge on any atom is -0.457 e. The topological polar surface area (TPSA) is 169 Å². The van der Waals surface area contributed by atoms with E-state index in [4.69, 9.17) is 9.16 Å². The third-order valence-electron chi connectivity index (χ3n) is 10.5. The molecule has 0 aliphatic heterocycles. The molecule has 4 aromatic rings. The Morgan fingerprint density at radius 1 is 0.767 bits per heavy atom. The van der Waals surface area contributed by atoms with E-state index in [2.05, 4.69) is 68.4 Å². The monoisotopic (exact) mass is 876 g/mol. The standard InChI is InChI=1S/C45H60N4O8S2Si/c1-30(2)25-38(48-43(52)36-17-13-18-37(27-36)49-59(54,55)40-19-14-24-58-40)39(57-60(8,9)45(5,6)7)26-31(3)41(50)47-32(4)42(51)46-28-33-20-22-35(23-21-33)44(53)56-29-34-15-11-10-12-16-34/h10-24,27,30-32,38-39,49H,25-26,28-29H2,1-9H3,(H,46,51)(H,47,50)(H,48,52)/t31-,32+,38+,39+/m1/s1. The number of amides is 3. The van der Waals surface area contributed by atoms with Crippen LogP contribution in [-0.4, -0.2) is 58.6 Å². The van der Waals surface area contributed by atoms with Crippen LogP contribution in [0, 0.1) is 11.8 Å². The van der Waals surface area contributed by atoms with Gasteiger partial charge in [0.2, 0.25) is 11.8 Å². The molecule has 324 valence electrons. The fourth-order valence-electron chi connectivity index (χ4n) is 6.04. The van der Waals surface area contributed by atoms with Gasteiger partial charge in [0.15, 0.2) is 8.32 Å². The Balaban J connectivity index is 1.40. The number of rotatable bonds is 20. The van der Waals surface area contributed by atoms with Gasteiger partial charge in [-0.05, 0) is 96.7 Å². The first-order valence-electron chi connectivity index (χ1n) is 20.2. The number of nitrogens with one attached hydrogen (secondary N) is 4. The summed E-state index contributed by atoms with van der Waals surface area (Å²) in [5, 5.41) is 10.4. The van der Waals surface area contributed by atoms with Gasteiger partial charge in [-0.2, -0.15) is 0 Å². The molecule has 0 saturated carbocycles. The molecule has 0 unspecified atom stereocenters. The van der Waals surface area contributed by atoms with Crippen molar-refractivity contribution < 1.29 is 36.8 Å². The number of ether oxygens (including phenoxy) is 1. The van der Waals surface area contributed by atoms with Crippen molar-refractivity contribution in [2.45, 2.75) is 115 Å². The van der Waals surface area contributed by atoms with Gasteiger partial charge in [0, 0.05) is 23.7 Å². The van der Waals surface area contributed by atoms with Crippen molar-refractivity contribution in [3.63, 3.8) is 0 Å². The van der Waals surface area contributed by atoms with Gasteiger partial charge in [-0.25, -0.2) is 13.2 Å². The number of anilines is 1. The molecule has 1 heterocycles. The molecular weight excluding hydrogens is 817 g/mol. The molecule has 3 amide bonds. The van der Waals surface area contributed by atoms with E-state index in [1.807, 2.05) is 30.3 Å². The number of thiophene rings is 1. The van der Waals surface area contributed by atoms with Gasteiger partial charge in [-0.15, -0.1) is 11.3 Å². The van der Waals surface area contributed by atoms with Crippen LogP contribution in [0.5, 0.6) is 0 Å². The summed E-state index contributed by atoms with van der Waals surface area (Å²) in [7, 11) is -6.27. The molecule has 4 rings (SSSR count). The van der Waals surface area contributed by atoms with Gasteiger partial charge in [0.1, 0.15) is 16.9 Å². The van der Waals surface area contributed by atoms with Gasteiger partial charge in [0.25, 0.3) is 15.9 Å².